The van der Waals surface area contributed by atoms with Gasteiger partial charge in [0, 0.05) is 19.2 Å². The lowest BCUT2D eigenvalue weighted by Gasteiger charge is -2.27. The zero-order chi connectivity index (χ0) is 11.6. The van der Waals surface area contributed by atoms with Crippen molar-refractivity contribution in [2.45, 2.75) is 26.3 Å². The second-order valence-corrected chi connectivity index (χ2v) is 4.55. The van der Waals surface area contributed by atoms with Crippen molar-refractivity contribution in [1.29, 1.82) is 0 Å². The van der Waals surface area contributed by atoms with E-state index in [1.54, 1.807) is 6.07 Å². The highest BCUT2D eigenvalue weighted by molar-refractivity contribution is 9.10. The minimum Gasteiger partial charge on any atom is -0.397 e. The first-order chi connectivity index (χ1) is 6.97. The zero-order valence-electron chi connectivity index (χ0n) is 9.22. The van der Waals surface area contributed by atoms with E-state index < -0.39 is 0 Å². The fraction of sp³-hybridized carbons (Fsp3) is 0.455. The maximum atomic E-state index is 13.4. The first-order valence-electron chi connectivity index (χ1n) is 4.94. The lowest BCUT2D eigenvalue weighted by molar-refractivity contribution is 0.616. The van der Waals surface area contributed by atoms with Crippen LogP contribution in [-0.4, -0.2) is 13.1 Å². The van der Waals surface area contributed by atoms with Crippen molar-refractivity contribution in [1.82, 2.24) is 0 Å². The minimum absolute atomic E-state index is 0.283. The van der Waals surface area contributed by atoms with E-state index in [2.05, 4.69) is 29.8 Å². The quantitative estimate of drug-likeness (QED) is 0.856. The van der Waals surface area contributed by atoms with Crippen LogP contribution >= 0.6 is 15.9 Å². The molecule has 0 heterocycles. The van der Waals surface area contributed by atoms with E-state index in [9.17, 15) is 4.39 Å². The molecule has 0 spiro atoms. The molecule has 1 rings (SSSR count). The standard InChI is InChI=1S/C11H16BrFN2/c1-4-7(2)15(3)11-6-9(13)8(12)5-10(11)14/h5-7H,4,14H2,1-3H3. The molecular weight excluding hydrogens is 259 g/mol. The fourth-order valence-corrected chi connectivity index (χ4v) is 1.73. The summed E-state index contributed by atoms with van der Waals surface area (Å²) in [6, 6.07) is 3.41. The Morgan fingerprint density at radius 1 is 1.53 bits per heavy atom. The highest BCUT2D eigenvalue weighted by Gasteiger charge is 2.13. The fourth-order valence-electron chi connectivity index (χ4n) is 1.37. The summed E-state index contributed by atoms with van der Waals surface area (Å²) in [4.78, 5) is 1.99. The van der Waals surface area contributed by atoms with E-state index in [1.165, 1.54) is 6.07 Å². The Kier molecular flexibility index (Phi) is 3.97. The van der Waals surface area contributed by atoms with Crippen molar-refractivity contribution in [3.63, 3.8) is 0 Å². The number of hydrogen-bond acceptors (Lipinski definition) is 2. The Labute approximate surface area is 98.4 Å². The van der Waals surface area contributed by atoms with Gasteiger partial charge in [-0.1, -0.05) is 6.92 Å². The van der Waals surface area contributed by atoms with Gasteiger partial charge in [0.15, 0.2) is 0 Å². The normalized spacial score (nSPS) is 12.6. The maximum absolute atomic E-state index is 13.4. The average molecular weight is 275 g/mol. The van der Waals surface area contributed by atoms with Gasteiger partial charge < -0.3 is 10.6 Å². The van der Waals surface area contributed by atoms with Crippen molar-refractivity contribution in [3.8, 4) is 0 Å². The third kappa shape index (κ3) is 2.62. The van der Waals surface area contributed by atoms with E-state index in [4.69, 9.17) is 5.73 Å². The zero-order valence-corrected chi connectivity index (χ0v) is 10.8. The number of hydrogen-bond donors (Lipinski definition) is 1. The van der Waals surface area contributed by atoms with Gasteiger partial charge in [-0.25, -0.2) is 4.39 Å². The lowest BCUT2D eigenvalue weighted by Crippen LogP contribution is -2.28. The number of nitrogens with zero attached hydrogens (tertiary/aromatic N) is 1. The number of nitrogen functional groups attached to an aromatic ring is 1. The van der Waals surface area contributed by atoms with Gasteiger partial charge >= 0.3 is 0 Å². The molecule has 1 aromatic rings. The van der Waals surface area contributed by atoms with Crippen LogP contribution in [0.1, 0.15) is 20.3 Å². The molecule has 0 aliphatic heterocycles. The Hall–Kier alpha value is -0.770. The van der Waals surface area contributed by atoms with Crippen LogP contribution in [0.4, 0.5) is 15.8 Å². The second kappa shape index (κ2) is 4.84. The van der Waals surface area contributed by atoms with E-state index in [0.717, 1.165) is 12.1 Å². The molecule has 0 aliphatic carbocycles. The summed E-state index contributed by atoms with van der Waals surface area (Å²) in [5.41, 5.74) is 7.18. The molecule has 15 heavy (non-hydrogen) atoms. The minimum atomic E-state index is -0.283. The molecule has 4 heteroatoms. The largest absolute Gasteiger partial charge is 0.397 e. The first-order valence-corrected chi connectivity index (χ1v) is 5.74. The molecule has 0 bridgehead atoms. The number of anilines is 2. The van der Waals surface area contributed by atoms with Crippen LogP contribution < -0.4 is 10.6 Å². The topological polar surface area (TPSA) is 29.3 Å². The SMILES string of the molecule is CCC(C)N(C)c1cc(F)c(Br)cc1N. The smallest absolute Gasteiger partial charge is 0.139 e. The van der Waals surface area contributed by atoms with Crippen LogP contribution in [0.2, 0.25) is 0 Å². The molecular formula is C11H16BrFN2. The molecule has 84 valence electrons. The highest BCUT2D eigenvalue weighted by atomic mass is 79.9. The van der Waals surface area contributed by atoms with Crippen LogP contribution in [0.15, 0.2) is 16.6 Å². The second-order valence-electron chi connectivity index (χ2n) is 3.69. The molecule has 0 aliphatic rings. The monoisotopic (exact) mass is 274 g/mol. The first kappa shape index (κ1) is 12.3. The average Bonchev–Trinajstić information content (AvgIpc) is 2.21. The van der Waals surface area contributed by atoms with Gasteiger partial charge in [-0.3, -0.25) is 0 Å². The van der Waals surface area contributed by atoms with E-state index in [0.29, 0.717) is 16.2 Å². The molecule has 1 atom stereocenters. The number of rotatable bonds is 3. The summed E-state index contributed by atoms with van der Waals surface area (Å²) >= 11 is 3.11. The molecule has 2 nitrogen and oxygen atoms in total. The van der Waals surface area contributed by atoms with Crippen LogP contribution in [0, 0.1) is 5.82 Å². The maximum Gasteiger partial charge on any atom is 0.139 e. The molecule has 0 amide bonds. The van der Waals surface area contributed by atoms with Crippen LogP contribution in [-0.2, 0) is 0 Å². The number of halogens is 2. The van der Waals surface area contributed by atoms with Gasteiger partial charge in [0.25, 0.3) is 0 Å². The van der Waals surface area contributed by atoms with Gasteiger partial charge in [0.2, 0.25) is 0 Å². The Morgan fingerprint density at radius 2 is 2.13 bits per heavy atom. The Balaban J connectivity index is 3.09. The van der Waals surface area contributed by atoms with Gasteiger partial charge in [-0.05, 0) is 35.3 Å². The molecule has 1 unspecified atom stereocenters. The summed E-state index contributed by atoms with van der Waals surface area (Å²) < 4.78 is 13.8. The van der Waals surface area contributed by atoms with Crippen molar-refractivity contribution in [2.24, 2.45) is 0 Å². The summed E-state index contributed by atoms with van der Waals surface area (Å²) in [7, 11) is 1.92. The molecule has 2 N–H and O–H groups in total. The summed E-state index contributed by atoms with van der Waals surface area (Å²) in [6.07, 6.45) is 0.994. The Bertz CT molecular complexity index is 355. The third-order valence-corrected chi connectivity index (χ3v) is 3.31. The number of nitrogens with two attached hydrogens (primary N) is 1. The summed E-state index contributed by atoms with van der Waals surface area (Å²) in [6.45, 7) is 4.17. The van der Waals surface area contributed by atoms with Crippen molar-refractivity contribution >= 4 is 27.3 Å². The molecule has 0 fully saturated rings. The molecule has 0 radical (unpaired) electrons. The van der Waals surface area contributed by atoms with Crippen LogP contribution in [0.25, 0.3) is 0 Å². The highest BCUT2D eigenvalue weighted by Crippen LogP contribution is 2.30. The van der Waals surface area contributed by atoms with Crippen molar-refractivity contribution < 1.29 is 4.39 Å². The molecule has 0 saturated carbocycles. The molecule has 0 aromatic heterocycles. The van der Waals surface area contributed by atoms with Crippen LogP contribution in [0.3, 0.4) is 0 Å². The van der Waals surface area contributed by atoms with E-state index in [1.807, 2.05) is 11.9 Å². The Morgan fingerprint density at radius 3 is 2.67 bits per heavy atom. The third-order valence-electron chi connectivity index (χ3n) is 2.70. The van der Waals surface area contributed by atoms with Crippen molar-refractivity contribution in [3.05, 3.63) is 22.4 Å². The van der Waals surface area contributed by atoms with Gasteiger partial charge in [0.05, 0.1) is 15.8 Å². The molecule has 1 aromatic carbocycles. The predicted octanol–water partition coefficient (Wildman–Crippen LogP) is 3.41. The lowest BCUT2D eigenvalue weighted by atomic mass is 10.2. The summed E-state index contributed by atoms with van der Waals surface area (Å²) in [5, 5.41) is 0. The van der Waals surface area contributed by atoms with Gasteiger partial charge in [-0.15, -0.1) is 0 Å². The predicted molar refractivity (Wildman–Crippen MR) is 66.7 cm³/mol. The summed E-state index contributed by atoms with van der Waals surface area (Å²) in [5.74, 6) is -0.283. The van der Waals surface area contributed by atoms with Gasteiger partial charge in [-0.2, -0.15) is 0 Å². The van der Waals surface area contributed by atoms with Crippen molar-refractivity contribution in [2.75, 3.05) is 17.7 Å². The number of benzene rings is 1. The molecule has 0 saturated heterocycles. The van der Waals surface area contributed by atoms with E-state index >= 15 is 0 Å². The van der Waals surface area contributed by atoms with E-state index in [-0.39, 0.29) is 5.82 Å². The van der Waals surface area contributed by atoms with Crippen LogP contribution in [0.5, 0.6) is 0 Å². The van der Waals surface area contributed by atoms with Gasteiger partial charge in [0.1, 0.15) is 5.82 Å².